The number of unbranched alkanes of at least 4 members (excludes halogenated alkanes) is 2. The zero-order valence-corrected chi connectivity index (χ0v) is 10.9. The third kappa shape index (κ3) is 3.74. The zero-order valence-electron chi connectivity index (χ0n) is 9.35. The van der Waals surface area contributed by atoms with Gasteiger partial charge in [-0.05, 0) is 47.0 Å². The van der Waals surface area contributed by atoms with E-state index in [0.717, 1.165) is 34.5 Å². The molecule has 0 aliphatic carbocycles. The molecule has 0 fully saturated rings. The third-order valence-corrected chi connectivity index (χ3v) is 2.95. The highest BCUT2D eigenvalue weighted by atomic mass is 79.9. The van der Waals surface area contributed by atoms with Crippen molar-refractivity contribution in [3.05, 3.63) is 22.2 Å². The topological polar surface area (TPSA) is 35.2 Å². The van der Waals surface area contributed by atoms with Crippen LogP contribution in [-0.2, 0) is 0 Å². The molecule has 0 bridgehead atoms. The van der Waals surface area contributed by atoms with E-state index in [-0.39, 0.29) is 0 Å². The van der Waals surface area contributed by atoms with E-state index < -0.39 is 0 Å². The minimum atomic E-state index is 0.774. The summed E-state index contributed by atoms with van der Waals surface area (Å²) in [5.41, 5.74) is 7.63. The molecule has 1 rings (SSSR count). The minimum Gasteiger partial charge on any atom is -0.492 e. The van der Waals surface area contributed by atoms with Crippen LogP contribution in [0.25, 0.3) is 0 Å². The maximum Gasteiger partial charge on any atom is 0.133 e. The second-order valence-electron chi connectivity index (χ2n) is 3.69. The van der Waals surface area contributed by atoms with Gasteiger partial charge in [0.15, 0.2) is 0 Å². The summed E-state index contributed by atoms with van der Waals surface area (Å²) in [5.74, 6) is 0.887. The summed E-state index contributed by atoms with van der Waals surface area (Å²) in [7, 11) is 0. The van der Waals surface area contributed by atoms with Crippen LogP contribution in [0.1, 0.15) is 31.7 Å². The number of aryl methyl sites for hydroxylation is 1. The fraction of sp³-hybridized carbons (Fsp3) is 0.500. The van der Waals surface area contributed by atoms with Crippen LogP contribution in [0.4, 0.5) is 5.69 Å². The standard InChI is InChI=1S/C12H18BrNO/c1-3-4-5-6-15-12-7-9(2)11(14)8-10(12)13/h7-8H,3-6,14H2,1-2H3. The van der Waals surface area contributed by atoms with E-state index in [4.69, 9.17) is 10.5 Å². The average molecular weight is 272 g/mol. The van der Waals surface area contributed by atoms with Crippen molar-refractivity contribution in [2.24, 2.45) is 0 Å². The molecule has 15 heavy (non-hydrogen) atoms. The largest absolute Gasteiger partial charge is 0.492 e. The van der Waals surface area contributed by atoms with Crippen LogP contribution in [0.15, 0.2) is 16.6 Å². The van der Waals surface area contributed by atoms with Crippen LogP contribution in [0.2, 0.25) is 0 Å². The van der Waals surface area contributed by atoms with E-state index in [1.54, 1.807) is 0 Å². The SMILES string of the molecule is CCCCCOc1cc(C)c(N)cc1Br. The number of nitrogens with two attached hydrogens (primary N) is 1. The van der Waals surface area contributed by atoms with Crippen LogP contribution in [0.3, 0.4) is 0 Å². The molecule has 1 aromatic carbocycles. The predicted octanol–water partition coefficient (Wildman–Crippen LogP) is 3.91. The van der Waals surface area contributed by atoms with Crippen LogP contribution < -0.4 is 10.5 Å². The van der Waals surface area contributed by atoms with Crippen molar-refractivity contribution in [1.29, 1.82) is 0 Å². The van der Waals surface area contributed by atoms with Crippen molar-refractivity contribution in [1.82, 2.24) is 0 Å². The lowest BCUT2D eigenvalue weighted by atomic mass is 10.2. The normalized spacial score (nSPS) is 10.3. The van der Waals surface area contributed by atoms with Gasteiger partial charge in [0.1, 0.15) is 5.75 Å². The van der Waals surface area contributed by atoms with Crippen molar-refractivity contribution in [2.75, 3.05) is 12.3 Å². The van der Waals surface area contributed by atoms with Gasteiger partial charge >= 0.3 is 0 Å². The van der Waals surface area contributed by atoms with E-state index in [9.17, 15) is 0 Å². The molecule has 0 aromatic heterocycles. The van der Waals surface area contributed by atoms with Gasteiger partial charge in [-0.15, -0.1) is 0 Å². The molecule has 0 saturated heterocycles. The monoisotopic (exact) mass is 271 g/mol. The number of anilines is 1. The summed E-state index contributed by atoms with van der Waals surface area (Å²) < 4.78 is 6.60. The molecule has 0 aliphatic heterocycles. The molecule has 0 unspecified atom stereocenters. The Balaban J connectivity index is 2.57. The summed E-state index contributed by atoms with van der Waals surface area (Å²) in [5, 5.41) is 0. The minimum absolute atomic E-state index is 0.774. The molecule has 0 spiro atoms. The van der Waals surface area contributed by atoms with E-state index in [1.807, 2.05) is 19.1 Å². The van der Waals surface area contributed by atoms with Crippen molar-refractivity contribution < 1.29 is 4.74 Å². The average Bonchev–Trinajstić information content (AvgIpc) is 2.20. The van der Waals surface area contributed by atoms with Crippen LogP contribution in [0.5, 0.6) is 5.75 Å². The summed E-state index contributed by atoms with van der Waals surface area (Å²) in [6.45, 7) is 4.94. The van der Waals surface area contributed by atoms with Gasteiger partial charge in [0.25, 0.3) is 0 Å². The first-order valence-corrected chi connectivity index (χ1v) is 6.13. The Morgan fingerprint density at radius 2 is 2.07 bits per heavy atom. The highest BCUT2D eigenvalue weighted by molar-refractivity contribution is 9.10. The van der Waals surface area contributed by atoms with E-state index in [2.05, 4.69) is 22.9 Å². The second kappa shape index (κ2) is 6.01. The number of hydrogen-bond acceptors (Lipinski definition) is 2. The van der Waals surface area contributed by atoms with Gasteiger partial charge in [0.05, 0.1) is 11.1 Å². The predicted molar refractivity (Wildman–Crippen MR) is 68.3 cm³/mol. The number of nitrogen functional groups attached to an aromatic ring is 1. The first-order valence-electron chi connectivity index (χ1n) is 5.33. The first kappa shape index (κ1) is 12.4. The number of halogens is 1. The summed E-state index contributed by atoms with van der Waals surface area (Å²) >= 11 is 3.45. The molecule has 1 aromatic rings. The van der Waals surface area contributed by atoms with Crippen LogP contribution in [0, 0.1) is 6.92 Å². The molecule has 0 saturated carbocycles. The van der Waals surface area contributed by atoms with E-state index in [0.29, 0.717) is 0 Å². The fourth-order valence-corrected chi connectivity index (χ4v) is 1.79. The molecule has 0 atom stereocenters. The lowest BCUT2D eigenvalue weighted by molar-refractivity contribution is 0.304. The molecule has 2 N–H and O–H groups in total. The molecule has 0 radical (unpaired) electrons. The lowest BCUT2D eigenvalue weighted by Gasteiger charge is -2.10. The van der Waals surface area contributed by atoms with Gasteiger partial charge in [0.2, 0.25) is 0 Å². The van der Waals surface area contributed by atoms with Gasteiger partial charge in [-0.2, -0.15) is 0 Å². The summed E-state index contributed by atoms with van der Waals surface area (Å²) in [6, 6.07) is 3.87. The molecular weight excluding hydrogens is 254 g/mol. The summed E-state index contributed by atoms with van der Waals surface area (Å²) in [6.07, 6.45) is 3.53. The maximum absolute atomic E-state index is 5.78. The van der Waals surface area contributed by atoms with Gasteiger partial charge < -0.3 is 10.5 Å². The molecule has 3 heteroatoms. The molecular formula is C12H18BrNO. The second-order valence-corrected chi connectivity index (χ2v) is 4.55. The highest BCUT2D eigenvalue weighted by Crippen LogP contribution is 2.29. The Morgan fingerprint density at radius 3 is 2.73 bits per heavy atom. The smallest absolute Gasteiger partial charge is 0.133 e. The Labute approximate surface area is 99.9 Å². The first-order chi connectivity index (χ1) is 7.15. The Morgan fingerprint density at radius 1 is 1.33 bits per heavy atom. The Kier molecular flexibility index (Phi) is 4.95. The van der Waals surface area contributed by atoms with Crippen LogP contribution >= 0.6 is 15.9 Å². The van der Waals surface area contributed by atoms with E-state index >= 15 is 0 Å². The van der Waals surface area contributed by atoms with Gasteiger partial charge in [-0.3, -0.25) is 0 Å². The molecule has 0 aliphatic rings. The number of rotatable bonds is 5. The highest BCUT2D eigenvalue weighted by Gasteiger charge is 2.04. The van der Waals surface area contributed by atoms with Crippen molar-refractivity contribution >= 4 is 21.6 Å². The molecule has 84 valence electrons. The maximum atomic E-state index is 5.78. The van der Waals surface area contributed by atoms with Gasteiger partial charge in [-0.1, -0.05) is 19.8 Å². The number of benzene rings is 1. The van der Waals surface area contributed by atoms with E-state index in [1.165, 1.54) is 12.8 Å². The fourth-order valence-electron chi connectivity index (χ4n) is 1.32. The van der Waals surface area contributed by atoms with Gasteiger partial charge in [0, 0.05) is 5.69 Å². The Bertz CT molecular complexity index is 326. The Hall–Kier alpha value is -0.700. The molecule has 0 heterocycles. The van der Waals surface area contributed by atoms with Crippen LogP contribution in [-0.4, -0.2) is 6.61 Å². The molecule has 2 nitrogen and oxygen atoms in total. The van der Waals surface area contributed by atoms with Gasteiger partial charge in [-0.25, -0.2) is 0 Å². The number of ether oxygens (including phenoxy) is 1. The summed E-state index contributed by atoms with van der Waals surface area (Å²) in [4.78, 5) is 0. The molecule has 0 amide bonds. The van der Waals surface area contributed by atoms with Crippen molar-refractivity contribution in [3.63, 3.8) is 0 Å². The zero-order chi connectivity index (χ0) is 11.3. The van der Waals surface area contributed by atoms with Crippen molar-refractivity contribution in [2.45, 2.75) is 33.1 Å². The quantitative estimate of drug-likeness (QED) is 0.651. The third-order valence-electron chi connectivity index (χ3n) is 2.33. The lowest BCUT2D eigenvalue weighted by Crippen LogP contribution is -1.99. The van der Waals surface area contributed by atoms with Crippen molar-refractivity contribution in [3.8, 4) is 5.75 Å². The number of hydrogen-bond donors (Lipinski definition) is 1.